The molecule has 0 bridgehead atoms. The molecular weight excluding hydrogens is 1310 g/mol. The molecule has 0 radical (unpaired) electrons. The highest BCUT2D eigenvalue weighted by molar-refractivity contribution is 7.59. The van der Waals surface area contributed by atoms with E-state index in [2.05, 4.69) is 41.0 Å². The average molecular weight is 1380 g/mol. The number of anilines is 2. The van der Waals surface area contributed by atoms with Crippen molar-refractivity contribution in [3.63, 3.8) is 0 Å². The minimum absolute atomic E-state index is 0. The number of amidine groups is 1. The van der Waals surface area contributed by atoms with E-state index in [4.69, 9.17) is 59.7 Å². The third-order valence-corrected chi connectivity index (χ3v) is 14.7. The molecule has 0 aliphatic heterocycles. The largest absolute Gasteiger partial charge is 0.447 e. The number of ether oxygens (including phenoxy) is 4. The molecule has 28 heteroatoms. The highest BCUT2D eigenvalue weighted by Gasteiger charge is 2.24. The second-order valence-corrected chi connectivity index (χ2v) is 21.1. The summed E-state index contributed by atoms with van der Waals surface area (Å²) in [4.78, 5) is 69.4. The van der Waals surface area contributed by atoms with E-state index in [1.807, 2.05) is 36.4 Å². The Kier molecular flexibility index (Phi) is 33.6. The van der Waals surface area contributed by atoms with Crippen LogP contribution in [0.3, 0.4) is 0 Å². The molecule has 0 aliphatic rings. The molecule has 5 N–H and O–H groups in total. The molecule has 0 fully saturated rings. The van der Waals surface area contributed by atoms with Gasteiger partial charge in [-0.25, -0.2) is 47.4 Å². The van der Waals surface area contributed by atoms with Crippen LogP contribution in [0.4, 0.5) is 38.8 Å². The maximum absolute atomic E-state index is 13.9. The van der Waals surface area contributed by atoms with Crippen molar-refractivity contribution in [3.8, 4) is 17.7 Å². The number of aromatic nitrogens is 2. The average Bonchev–Trinajstić information content (AvgIpc) is 1.60. The number of nitriles is 1. The molecule has 4 amide bonds. The summed E-state index contributed by atoms with van der Waals surface area (Å²) in [6.07, 6.45) is 5.86. The summed E-state index contributed by atoms with van der Waals surface area (Å²) >= 11 is 12.0. The molecule has 0 aliphatic carbocycles. The van der Waals surface area contributed by atoms with E-state index in [1.54, 1.807) is 87.9 Å². The number of fused-ring (bicyclic) bond motifs is 2. The Bertz CT molecular complexity index is 3970. The molecular formula is C67H70Cl2F4N12O8S2. The minimum Gasteiger partial charge on any atom is -0.447 e. The second kappa shape index (κ2) is 41.1. The van der Waals surface area contributed by atoms with Crippen LogP contribution in [0.1, 0.15) is 56.6 Å². The zero-order valence-corrected chi connectivity index (χ0v) is 55.4. The van der Waals surface area contributed by atoms with E-state index in [1.165, 1.54) is 70.7 Å². The van der Waals surface area contributed by atoms with Crippen LogP contribution in [-0.4, -0.2) is 108 Å². The van der Waals surface area contributed by atoms with Gasteiger partial charge in [-0.15, -0.1) is 4.95 Å². The number of aryl methyl sites for hydroxylation is 2. The lowest BCUT2D eigenvalue weighted by molar-refractivity contribution is -0.133. The lowest BCUT2D eigenvalue weighted by Crippen LogP contribution is -2.41. The van der Waals surface area contributed by atoms with E-state index in [-0.39, 0.29) is 112 Å². The first-order valence-electron chi connectivity index (χ1n) is 29.0. The highest BCUT2D eigenvalue weighted by Crippen LogP contribution is 2.25. The molecule has 2 aromatic heterocycles. The smallest absolute Gasteiger partial charge is 0.412 e. The van der Waals surface area contributed by atoms with Gasteiger partial charge < -0.3 is 34.5 Å². The first-order chi connectivity index (χ1) is 44.8. The van der Waals surface area contributed by atoms with Crippen molar-refractivity contribution in [1.29, 1.82) is 5.26 Å². The third kappa shape index (κ3) is 26.3. The van der Waals surface area contributed by atoms with Gasteiger partial charge in [0.05, 0.1) is 22.1 Å². The van der Waals surface area contributed by atoms with Gasteiger partial charge in [-0.05, 0) is 152 Å². The van der Waals surface area contributed by atoms with Crippen LogP contribution in [0.15, 0.2) is 168 Å². The van der Waals surface area contributed by atoms with Crippen LogP contribution in [0.2, 0.25) is 10.0 Å². The number of aliphatic imine (C=N–C) groups is 1. The molecule has 0 saturated carbocycles. The highest BCUT2D eigenvalue weighted by atomic mass is 35.5. The number of amides is 4. The summed E-state index contributed by atoms with van der Waals surface area (Å²) in [5, 5.41) is 22.5. The molecule has 0 spiro atoms. The number of benzene rings is 6. The third-order valence-electron chi connectivity index (χ3n) is 13.8. The molecule has 0 saturated heterocycles. The van der Waals surface area contributed by atoms with Gasteiger partial charge in [-0.2, -0.15) is 38.8 Å². The van der Waals surface area contributed by atoms with Gasteiger partial charge >= 0.3 is 18.2 Å². The van der Waals surface area contributed by atoms with Crippen LogP contribution in [0, 0.1) is 41.3 Å². The van der Waals surface area contributed by atoms with Gasteiger partial charge in [0.1, 0.15) is 64.7 Å². The first-order valence-corrected chi connectivity index (χ1v) is 29.7. The molecule has 95 heavy (non-hydrogen) atoms. The number of rotatable bonds is 23. The Balaban J connectivity index is 0.000000345. The topological polar surface area (TPSA) is 252 Å². The zero-order chi connectivity index (χ0) is 67.1. The van der Waals surface area contributed by atoms with Gasteiger partial charge in [0.25, 0.3) is 5.90 Å². The summed E-state index contributed by atoms with van der Waals surface area (Å²) in [5.74, 6) is -0.452. The number of nitrogens with one attached hydrogen (secondary N) is 3. The van der Waals surface area contributed by atoms with Crippen molar-refractivity contribution in [2.75, 3.05) is 51.0 Å². The van der Waals surface area contributed by atoms with E-state index in [9.17, 15) is 36.7 Å². The van der Waals surface area contributed by atoms with Crippen molar-refractivity contribution < 1.29 is 55.7 Å². The van der Waals surface area contributed by atoms with Crippen LogP contribution in [0.25, 0.3) is 26.5 Å². The van der Waals surface area contributed by atoms with Gasteiger partial charge in [0.15, 0.2) is 6.19 Å². The maximum Gasteiger partial charge on any atom is 0.412 e. The van der Waals surface area contributed by atoms with E-state index in [0.29, 0.717) is 76.9 Å². The Labute approximate surface area is 571 Å². The fraction of sp³-hybridized carbons (Fsp3) is 0.254. The summed E-state index contributed by atoms with van der Waals surface area (Å²) in [5.41, 5.74) is 6.67. The van der Waals surface area contributed by atoms with E-state index < -0.39 is 47.5 Å². The number of likely N-dealkylation sites (N-methyl/N-ethyl adjacent to an activating group) is 2. The standard InChI is InChI=1S/C33H31ClF2N6O4.C25H27ClF2N4O3.C9H8N2O.2H2S/c1-42(30(43)15-13-22-7-5-11-28(36)31(22)34)26(8-6-16-38-32(40-21-37)46-27-9-3-2-4-10-27)20-45-33(44)41-29-18-24-17-25(35)14-12-23(24)19-39-29;1-32(23(33)10-8-16-4-2-6-21(28)24(16)26)20(5-3-11-29)15-35-25(34)31-22-13-18-12-19(27)9-7-17(18)14-30-22;1-8(11-10-2)12-9-6-4-3-5-7-9;;/h2-5,7,9-12,14,17-19,26H,6,8,13,15-16,20H2,1H3,(H,38,40)(H,39,41,44);2,4,6-7,9,12-14,20H,3,5,8,10-11,15,29H2,1H3,(H,30,31,34);3-7H,1H3;2*1H2/b;;11-8+;;/t26-;20-;;;/m00.../s1. The number of halogens is 6. The fourth-order valence-corrected chi connectivity index (χ4v) is 9.29. The van der Waals surface area contributed by atoms with Crippen molar-refractivity contribution in [2.45, 2.75) is 70.4 Å². The number of hydrogen-bond acceptors (Lipinski definition) is 14. The lowest BCUT2D eigenvalue weighted by atomic mass is 10.1. The summed E-state index contributed by atoms with van der Waals surface area (Å²) in [6, 6.07) is 37.6. The molecule has 2 heterocycles. The maximum atomic E-state index is 13.9. The monoisotopic (exact) mass is 1380 g/mol. The fourth-order valence-electron chi connectivity index (χ4n) is 8.85. The molecule has 6 aromatic carbocycles. The van der Waals surface area contributed by atoms with Gasteiger partial charge in [-0.1, -0.05) is 83.9 Å². The molecule has 2 atom stereocenters. The van der Waals surface area contributed by atoms with Gasteiger partial charge in [0, 0.05) is 63.6 Å². The molecule has 8 rings (SSSR count). The van der Waals surface area contributed by atoms with Crippen molar-refractivity contribution in [2.24, 2.45) is 15.8 Å². The SMILES string of the molecule is CN(C(=O)CCc1cccc(F)c1Cl)[C@@H](CCCN)COC(=O)Nc1cc2cc(F)ccc2cn1.CN(C(=O)CCc1cccc(F)c1Cl)[C@@H](CCCN=C(NC#N)Oc1ccccc1)COC(=O)Nc1cc2cc(F)ccc2cn1.S.S.[C-]#[N+]/N=C(\C)Oc1ccccc1. The Hall–Kier alpha value is -9.70. The minimum atomic E-state index is -0.810. The normalized spacial score (nSPS) is 11.4. The van der Waals surface area contributed by atoms with Crippen LogP contribution >= 0.6 is 50.2 Å². The van der Waals surface area contributed by atoms with Crippen LogP contribution < -0.4 is 31.2 Å². The van der Waals surface area contributed by atoms with Crippen LogP contribution in [0.5, 0.6) is 11.5 Å². The first kappa shape index (κ1) is 77.7. The summed E-state index contributed by atoms with van der Waals surface area (Å²) in [7, 11) is 3.21. The number of carbonyl (C=O) groups is 4. The predicted octanol–water partition coefficient (Wildman–Crippen LogP) is 13.9. The quantitative estimate of drug-likeness (QED) is 0.00680. The Morgan fingerprint density at radius 1 is 0.642 bits per heavy atom. The molecule has 500 valence electrons. The molecule has 20 nitrogen and oxygen atoms in total. The molecule has 8 aromatic rings. The number of pyridine rings is 2. The van der Waals surface area contributed by atoms with Gasteiger partial charge in [-0.3, -0.25) is 20.2 Å². The lowest BCUT2D eigenvalue weighted by Gasteiger charge is -2.28. The number of hydrogen-bond donors (Lipinski definition) is 4. The number of para-hydroxylation sites is 2. The van der Waals surface area contributed by atoms with Gasteiger partial charge in [0.2, 0.25) is 11.8 Å². The summed E-state index contributed by atoms with van der Waals surface area (Å²) in [6.45, 7) is 8.53. The van der Waals surface area contributed by atoms with Crippen LogP contribution in [-0.2, 0) is 31.9 Å². The molecule has 0 unspecified atom stereocenters. The number of carbonyl (C=O) groups excluding carboxylic acids is 4. The second-order valence-electron chi connectivity index (χ2n) is 20.4. The summed E-state index contributed by atoms with van der Waals surface area (Å²) < 4.78 is 76.3. The zero-order valence-electron chi connectivity index (χ0n) is 51.8. The number of nitrogens with two attached hydrogens (primary N) is 1. The Morgan fingerprint density at radius 3 is 1.54 bits per heavy atom. The van der Waals surface area contributed by atoms with E-state index in [0.717, 1.165) is 5.39 Å². The number of nitrogens with zero attached hydrogens (tertiary/aromatic N) is 8. The van der Waals surface area contributed by atoms with E-state index >= 15 is 0 Å². The predicted molar refractivity (Wildman–Crippen MR) is 369 cm³/mol. The van der Waals surface area contributed by atoms with Crippen molar-refractivity contribution in [3.05, 3.63) is 214 Å². The van der Waals surface area contributed by atoms with Crippen molar-refractivity contribution >= 4 is 119 Å². The van der Waals surface area contributed by atoms with Crippen molar-refractivity contribution in [1.82, 2.24) is 25.1 Å². The Morgan fingerprint density at radius 2 is 1.09 bits per heavy atom.